The van der Waals surface area contributed by atoms with Gasteiger partial charge >= 0.3 is 0 Å². The molecule has 0 aromatic heterocycles. The molecule has 6 heteroatoms. The summed E-state index contributed by atoms with van der Waals surface area (Å²) in [4.78, 5) is 12.1. The molecule has 0 bridgehead atoms. The summed E-state index contributed by atoms with van der Waals surface area (Å²) in [6, 6.07) is 15.1. The van der Waals surface area contributed by atoms with Crippen LogP contribution in [0.2, 0.25) is 0 Å². The van der Waals surface area contributed by atoms with Gasteiger partial charge in [0.2, 0.25) is 15.9 Å². The second-order valence-electron chi connectivity index (χ2n) is 6.12. The summed E-state index contributed by atoms with van der Waals surface area (Å²) in [7, 11) is -3.46. The third kappa shape index (κ3) is 5.60. The van der Waals surface area contributed by atoms with Gasteiger partial charge in [0.15, 0.2) is 0 Å². The molecule has 0 saturated carbocycles. The van der Waals surface area contributed by atoms with E-state index >= 15 is 0 Å². The second-order valence-corrected chi connectivity index (χ2v) is 8.02. The number of carbonyl (C=O) groups is 1. The molecule has 5 nitrogen and oxygen atoms in total. The van der Waals surface area contributed by atoms with Gasteiger partial charge < -0.3 is 5.32 Å². The van der Waals surface area contributed by atoms with E-state index in [1.807, 2.05) is 56.3 Å². The summed E-state index contributed by atoms with van der Waals surface area (Å²) in [6.07, 6.45) is 1.26. The molecule has 0 aliphatic carbocycles. The van der Waals surface area contributed by atoms with Gasteiger partial charge in [-0.15, -0.1) is 0 Å². The number of sulfonamides is 1. The molecule has 2 aromatic carbocycles. The van der Waals surface area contributed by atoms with E-state index in [-0.39, 0.29) is 18.9 Å². The molecule has 0 radical (unpaired) electrons. The summed E-state index contributed by atoms with van der Waals surface area (Å²) in [6.45, 7) is 4.46. The number of amides is 1. The SMILES string of the molecule is Cc1ccc(N(CCC(=O)NCc2ccccc2)S(C)(=O)=O)cc1C. The van der Waals surface area contributed by atoms with Crippen molar-refractivity contribution in [2.24, 2.45) is 0 Å². The van der Waals surface area contributed by atoms with Crippen LogP contribution in [0.3, 0.4) is 0 Å². The fourth-order valence-corrected chi connectivity index (χ4v) is 3.37. The van der Waals surface area contributed by atoms with Crippen molar-refractivity contribution in [3.05, 3.63) is 65.2 Å². The molecular formula is C19H24N2O3S. The number of nitrogens with one attached hydrogen (secondary N) is 1. The molecule has 0 aliphatic rings. The lowest BCUT2D eigenvalue weighted by molar-refractivity contribution is -0.121. The van der Waals surface area contributed by atoms with Crippen molar-refractivity contribution in [2.75, 3.05) is 17.1 Å². The van der Waals surface area contributed by atoms with Crippen LogP contribution >= 0.6 is 0 Å². The highest BCUT2D eigenvalue weighted by molar-refractivity contribution is 7.92. The zero-order valence-electron chi connectivity index (χ0n) is 14.8. The van der Waals surface area contributed by atoms with Crippen LogP contribution in [0.15, 0.2) is 48.5 Å². The van der Waals surface area contributed by atoms with Crippen LogP contribution in [-0.4, -0.2) is 27.1 Å². The van der Waals surface area contributed by atoms with Crippen LogP contribution in [0.1, 0.15) is 23.1 Å². The number of benzene rings is 2. The van der Waals surface area contributed by atoms with E-state index < -0.39 is 10.0 Å². The molecule has 1 N–H and O–H groups in total. The van der Waals surface area contributed by atoms with E-state index in [0.717, 1.165) is 22.9 Å². The maximum Gasteiger partial charge on any atom is 0.232 e. The molecule has 2 rings (SSSR count). The Morgan fingerprint density at radius 2 is 1.72 bits per heavy atom. The van der Waals surface area contributed by atoms with E-state index in [4.69, 9.17) is 0 Å². The van der Waals surface area contributed by atoms with Crippen LogP contribution < -0.4 is 9.62 Å². The van der Waals surface area contributed by atoms with Gasteiger partial charge in [0, 0.05) is 19.5 Å². The number of anilines is 1. The number of aryl methyl sites for hydroxylation is 2. The highest BCUT2D eigenvalue weighted by Gasteiger charge is 2.19. The molecule has 0 saturated heterocycles. The quantitative estimate of drug-likeness (QED) is 0.826. The molecule has 0 unspecified atom stereocenters. The molecule has 0 spiro atoms. The summed E-state index contributed by atoms with van der Waals surface area (Å²) >= 11 is 0. The third-order valence-electron chi connectivity index (χ3n) is 4.05. The van der Waals surface area contributed by atoms with Crippen LogP contribution in [0.25, 0.3) is 0 Å². The Morgan fingerprint density at radius 3 is 2.32 bits per heavy atom. The maximum atomic E-state index is 12.1. The van der Waals surface area contributed by atoms with Gasteiger partial charge in [-0.2, -0.15) is 0 Å². The Balaban J connectivity index is 2.00. The molecule has 0 aliphatic heterocycles. The van der Waals surface area contributed by atoms with Gasteiger partial charge in [0.1, 0.15) is 0 Å². The topological polar surface area (TPSA) is 66.5 Å². The standard InChI is InChI=1S/C19H24N2O3S/c1-15-9-10-18(13-16(15)2)21(25(3,23)24)12-11-19(22)20-14-17-7-5-4-6-8-17/h4-10,13H,11-12,14H2,1-3H3,(H,20,22). The van der Waals surface area contributed by atoms with E-state index in [2.05, 4.69) is 5.32 Å². The number of rotatable bonds is 7. The summed E-state index contributed by atoms with van der Waals surface area (Å²) in [5.74, 6) is -0.179. The van der Waals surface area contributed by atoms with E-state index in [1.165, 1.54) is 4.31 Å². The monoisotopic (exact) mass is 360 g/mol. The predicted molar refractivity (Wildman–Crippen MR) is 101 cm³/mol. The van der Waals surface area contributed by atoms with Crippen molar-refractivity contribution < 1.29 is 13.2 Å². The van der Waals surface area contributed by atoms with Gasteiger partial charge in [0.05, 0.1) is 11.9 Å². The molecular weight excluding hydrogens is 336 g/mol. The zero-order valence-corrected chi connectivity index (χ0v) is 15.6. The van der Waals surface area contributed by atoms with Gasteiger partial charge in [-0.05, 0) is 42.7 Å². The minimum Gasteiger partial charge on any atom is -0.352 e. The number of nitrogens with zero attached hydrogens (tertiary/aromatic N) is 1. The fourth-order valence-electron chi connectivity index (χ4n) is 2.46. The molecule has 0 atom stereocenters. The Bertz CT molecular complexity index is 833. The highest BCUT2D eigenvalue weighted by atomic mass is 32.2. The van der Waals surface area contributed by atoms with Crippen LogP contribution in [0.4, 0.5) is 5.69 Å². The largest absolute Gasteiger partial charge is 0.352 e. The maximum absolute atomic E-state index is 12.1. The number of carbonyl (C=O) groups excluding carboxylic acids is 1. The minimum atomic E-state index is -3.46. The van der Waals surface area contributed by atoms with Gasteiger partial charge in [-0.25, -0.2) is 8.42 Å². The zero-order chi connectivity index (χ0) is 18.4. The smallest absolute Gasteiger partial charge is 0.232 e. The molecule has 25 heavy (non-hydrogen) atoms. The first-order chi connectivity index (χ1) is 11.8. The van der Waals surface area contributed by atoms with E-state index in [9.17, 15) is 13.2 Å². The average Bonchev–Trinajstić information content (AvgIpc) is 2.56. The number of hydrogen-bond donors (Lipinski definition) is 1. The summed E-state index contributed by atoms with van der Waals surface area (Å²) in [5.41, 5.74) is 3.70. The lowest BCUT2D eigenvalue weighted by Gasteiger charge is -2.23. The van der Waals surface area contributed by atoms with Crippen LogP contribution in [-0.2, 0) is 21.4 Å². The summed E-state index contributed by atoms with van der Waals surface area (Å²) < 4.78 is 25.5. The van der Waals surface area contributed by atoms with E-state index in [0.29, 0.717) is 12.2 Å². The second kappa shape index (κ2) is 8.16. The lowest BCUT2D eigenvalue weighted by atomic mass is 10.1. The first-order valence-corrected chi connectivity index (χ1v) is 9.98. The normalized spacial score (nSPS) is 11.2. The molecule has 2 aromatic rings. The Kier molecular flexibility index (Phi) is 6.20. The predicted octanol–water partition coefficient (Wildman–Crippen LogP) is 2.78. The van der Waals surface area contributed by atoms with Crippen LogP contribution in [0.5, 0.6) is 0 Å². The van der Waals surface area contributed by atoms with Crippen molar-refractivity contribution in [1.82, 2.24) is 5.32 Å². The van der Waals surface area contributed by atoms with E-state index in [1.54, 1.807) is 6.07 Å². The summed E-state index contributed by atoms with van der Waals surface area (Å²) in [5, 5.41) is 2.82. The Morgan fingerprint density at radius 1 is 1.04 bits per heavy atom. The van der Waals surface area contributed by atoms with Crippen molar-refractivity contribution in [3.8, 4) is 0 Å². The molecule has 0 fully saturated rings. The van der Waals surface area contributed by atoms with Gasteiger partial charge in [0.25, 0.3) is 0 Å². The lowest BCUT2D eigenvalue weighted by Crippen LogP contribution is -2.34. The molecule has 134 valence electrons. The first kappa shape index (κ1) is 19.0. The molecule has 1 amide bonds. The van der Waals surface area contributed by atoms with Crippen molar-refractivity contribution in [3.63, 3.8) is 0 Å². The molecule has 0 heterocycles. The number of hydrogen-bond acceptors (Lipinski definition) is 3. The van der Waals surface area contributed by atoms with Crippen molar-refractivity contribution in [2.45, 2.75) is 26.8 Å². The fraction of sp³-hybridized carbons (Fsp3) is 0.316. The van der Waals surface area contributed by atoms with Crippen molar-refractivity contribution >= 4 is 21.6 Å². The third-order valence-corrected chi connectivity index (χ3v) is 5.25. The minimum absolute atomic E-state index is 0.104. The highest BCUT2D eigenvalue weighted by Crippen LogP contribution is 2.21. The Labute approximate surface area is 149 Å². The Hall–Kier alpha value is -2.34. The van der Waals surface area contributed by atoms with Crippen LogP contribution in [0, 0.1) is 13.8 Å². The van der Waals surface area contributed by atoms with Gasteiger partial charge in [-0.1, -0.05) is 36.4 Å². The van der Waals surface area contributed by atoms with Crippen molar-refractivity contribution in [1.29, 1.82) is 0 Å². The first-order valence-electron chi connectivity index (χ1n) is 8.13. The van der Waals surface area contributed by atoms with Gasteiger partial charge in [-0.3, -0.25) is 9.10 Å². The average molecular weight is 360 g/mol.